The molecule has 0 spiro atoms. The molecule has 1 aliphatic rings. The summed E-state index contributed by atoms with van der Waals surface area (Å²) >= 11 is 1.08. The molecule has 3 aromatic rings. The highest BCUT2D eigenvalue weighted by molar-refractivity contribution is 7.07. The number of benzene rings is 2. The zero-order chi connectivity index (χ0) is 24.8. The lowest BCUT2D eigenvalue weighted by molar-refractivity contribution is 0.0570. The number of methoxy groups -OCH3 is 1. The number of hydrogen-bond acceptors (Lipinski definition) is 8. The van der Waals surface area contributed by atoms with E-state index >= 15 is 0 Å². The second-order valence-electron chi connectivity index (χ2n) is 7.73. The summed E-state index contributed by atoms with van der Waals surface area (Å²) in [4.78, 5) is 32.6. The van der Waals surface area contributed by atoms with Crippen LogP contribution in [0, 0.1) is 5.82 Å². The molecule has 2 amide bonds. The van der Waals surface area contributed by atoms with Crippen LogP contribution in [0.4, 0.5) is 9.18 Å². The minimum Gasteiger partial charge on any atom is -0.493 e. The number of halogens is 1. The Bertz CT molecular complexity index is 1180. The average Bonchev–Trinajstić information content (AvgIpc) is 3.31. The Morgan fingerprint density at radius 3 is 2.43 bits per heavy atom. The molecule has 1 fully saturated rings. The molecule has 0 radical (unpaired) electrons. The van der Waals surface area contributed by atoms with Gasteiger partial charge in [0.15, 0.2) is 17.3 Å². The highest BCUT2D eigenvalue weighted by atomic mass is 32.1. The predicted octanol–water partition coefficient (Wildman–Crippen LogP) is 3.98. The van der Waals surface area contributed by atoms with E-state index in [-0.39, 0.29) is 17.8 Å². The minimum atomic E-state index is -0.365. The van der Waals surface area contributed by atoms with Crippen LogP contribution in [0.3, 0.4) is 0 Å². The summed E-state index contributed by atoms with van der Waals surface area (Å²) in [5.74, 6) is 0.862. The van der Waals surface area contributed by atoms with Crippen LogP contribution in [0.25, 0.3) is 0 Å². The normalized spacial score (nSPS) is 13.5. The molecule has 9 nitrogen and oxygen atoms in total. The Morgan fingerprint density at radius 2 is 1.74 bits per heavy atom. The van der Waals surface area contributed by atoms with Crippen LogP contribution >= 0.6 is 11.5 Å². The molecule has 0 saturated carbocycles. The molecular weight excluding hydrogens is 475 g/mol. The fourth-order valence-corrected chi connectivity index (χ4v) is 4.17. The van der Waals surface area contributed by atoms with Gasteiger partial charge in [0.2, 0.25) is 0 Å². The molecule has 1 aromatic heterocycles. The Hall–Kier alpha value is -3.73. The van der Waals surface area contributed by atoms with Crippen molar-refractivity contribution in [1.29, 1.82) is 0 Å². The van der Waals surface area contributed by atoms with E-state index in [0.29, 0.717) is 67.3 Å². The predicted molar refractivity (Wildman–Crippen MR) is 127 cm³/mol. The van der Waals surface area contributed by atoms with Gasteiger partial charge >= 0.3 is 6.09 Å². The minimum absolute atomic E-state index is 0.171. The van der Waals surface area contributed by atoms with Gasteiger partial charge in [-0.15, -0.1) is 0 Å². The summed E-state index contributed by atoms with van der Waals surface area (Å²) in [6, 6.07) is 11.1. The maximum Gasteiger partial charge on any atom is 0.409 e. The average molecular weight is 501 g/mol. The van der Waals surface area contributed by atoms with Crippen molar-refractivity contribution >= 4 is 23.5 Å². The van der Waals surface area contributed by atoms with Gasteiger partial charge in [0.05, 0.1) is 13.7 Å². The van der Waals surface area contributed by atoms with Crippen LogP contribution in [0.15, 0.2) is 42.5 Å². The number of ether oxygens (including phenoxy) is 3. The van der Waals surface area contributed by atoms with Gasteiger partial charge in [-0.05, 0) is 42.8 Å². The Labute approximate surface area is 206 Å². The maximum atomic E-state index is 13.1. The standard InChI is InChI=1S/C24H25FN4O5S/c1-3-33-24(31)29-12-10-28(11-13-29)22(30)17-6-9-19(32-2)20(15-17)34-23-26-21(27-35-23)14-16-4-7-18(25)8-5-16/h4-9,15H,3,10-14H2,1-2H3. The topological polar surface area (TPSA) is 94.1 Å². The number of carbonyl (C=O) groups is 2. The van der Waals surface area contributed by atoms with Crippen LogP contribution < -0.4 is 9.47 Å². The van der Waals surface area contributed by atoms with Crippen molar-refractivity contribution in [3.05, 3.63) is 65.2 Å². The molecule has 0 bridgehead atoms. The van der Waals surface area contributed by atoms with Gasteiger partial charge in [0.25, 0.3) is 11.1 Å². The number of hydrogen-bond donors (Lipinski definition) is 0. The molecular formula is C24H25FN4O5S. The second kappa shape index (κ2) is 11.1. The second-order valence-corrected chi connectivity index (χ2v) is 8.44. The third kappa shape index (κ3) is 6.04. The summed E-state index contributed by atoms with van der Waals surface area (Å²) < 4.78 is 33.8. The molecule has 0 unspecified atom stereocenters. The van der Waals surface area contributed by atoms with E-state index in [1.807, 2.05) is 0 Å². The largest absolute Gasteiger partial charge is 0.493 e. The van der Waals surface area contributed by atoms with Gasteiger partial charge in [-0.1, -0.05) is 12.1 Å². The molecule has 11 heteroatoms. The molecule has 0 N–H and O–H groups in total. The van der Waals surface area contributed by atoms with Gasteiger partial charge in [-0.3, -0.25) is 4.79 Å². The van der Waals surface area contributed by atoms with Gasteiger partial charge in [0.1, 0.15) is 5.82 Å². The van der Waals surface area contributed by atoms with E-state index < -0.39 is 0 Å². The number of piperazine rings is 1. The first-order valence-corrected chi connectivity index (χ1v) is 11.9. The van der Waals surface area contributed by atoms with Crippen molar-refractivity contribution in [2.75, 3.05) is 39.9 Å². The first-order valence-electron chi connectivity index (χ1n) is 11.1. The van der Waals surface area contributed by atoms with Crippen molar-refractivity contribution in [3.8, 4) is 16.7 Å². The Morgan fingerprint density at radius 1 is 1.03 bits per heavy atom. The summed E-state index contributed by atoms with van der Waals surface area (Å²) in [5.41, 5.74) is 1.31. The van der Waals surface area contributed by atoms with E-state index in [4.69, 9.17) is 14.2 Å². The molecule has 4 rings (SSSR count). The quantitative estimate of drug-likeness (QED) is 0.484. The third-order valence-corrected chi connectivity index (χ3v) is 6.06. The number of rotatable bonds is 7. The highest BCUT2D eigenvalue weighted by Crippen LogP contribution is 2.33. The zero-order valence-corrected chi connectivity index (χ0v) is 20.2. The van der Waals surface area contributed by atoms with Crippen LogP contribution in [-0.4, -0.2) is 71.1 Å². The smallest absolute Gasteiger partial charge is 0.409 e. The van der Waals surface area contributed by atoms with Crippen molar-refractivity contribution in [2.45, 2.75) is 13.3 Å². The third-order valence-electron chi connectivity index (χ3n) is 5.43. The number of carbonyl (C=O) groups excluding carboxylic acids is 2. The van der Waals surface area contributed by atoms with Gasteiger partial charge in [0, 0.05) is 49.7 Å². The molecule has 35 heavy (non-hydrogen) atoms. The Balaban J connectivity index is 1.43. The van der Waals surface area contributed by atoms with Crippen molar-refractivity contribution < 1.29 is 28.2 Å². The van der Waals surface area contributed by atoms with Crippen molar-refractivity contribution in [3.63, 3.8) is 0 Å². The Kier molecular flexibility index (Phi) is 7.76. The van der Waals surface area contributed by atoms with Crippen LogP contribution in [0.1, 0.15) is 28.7 Å². The zero-order valence-electron chi connectivity index (χ0n) is 19.4. The number of amides is 2. The maximum absolute atomic E-state index is 13.1. The van der Waals surface area contributed by atoms with E-state index in [2.05, 4.69) is 9.36 Å². The highest BCUT2D eigenvalue weighted by Gasteiger charge is 2.26. The summed E-state index contributed by atoms with van der Waals surface area (Å²) in [5, 5.41) is 0.299. The van der Waals surface area contributed by atoms with Crippen LogP contribution in [0.2, 0.25) is 0 Å². The number of nitrogens with zero attached hydrogens (tertiary/aromatic N) is 4. The van der Waals surface area contributed by atoms with Gasteiger partial charge < -0.3 is 24.0 Å². The monoisotopic (exact) mass is 500 g/mol. The van der Waals surface area contributed by atoms with Crippen LogP contribution in [-0.2, 0) is 11.2 Å². The van der Waals surface area contributed by atoms with Crippen molar-refractivity contribution in [1.82, 2.24) is 19.2 Å². The van der Waals surface area contributed by atoms with Gasteiger partial charge in [-0.2, -0.15) is 9.36 Å². The molecule has 2 aromatic carbocycles. The van der Waals surface area contributed by atoms with E-state index in [1.54, 1.807) is 47.1 Å². The first-order chi connectivity index (χ1) is 17.0. The summed E-state index contributed by atoms with van der Waals surface area (Å²) in [6.07, 6.45) is 0.0729. The molecule has 1 aliphatic heterocycles. The molecule has 2 heterocycles. The van der Waals surface area contributed by atoms with Crippen LogP contribution in [0.5, 0.6) is 16.7 Å². The van der Waals surface area contributed by atoms with E-state index in [0.717, 1.165) is 17.1 Å². The molecule has 0 atom stereocenters. The fraction of sp³-hybridized carbons (Fsp3) is 0.333. The van der Waals surface area contributed by atoms with E-state index in [1.165, 1.54) is 19.2 Å². The van der Waals surface area contributed by atoms with Crippen molar-refractivity contribution in [2.24, 2.45) is 0 Å². The first kappa shape index (κ1) is 24.4. The fourth-order valence-electron chi connectivity index (χ4n) is 3.61. The lowest BCUT2D eigenvalue weighted by Gasteiger charge is -2.34. The summed E-state index contributed by atoms with van der Waals surface area (Å²) in [6.45, 7) is 3.70. The molecule has 0 aliphatic carbocycles. The SMILES string of the molecule is CCOC(=O)N1CCN(C(=O)c2ccc(OC)c(Oc3nc(Cc4ccc(F)cc4)ns3)c2)CC1. The molecule has 184 valence electrons. The lowest BCUT2D eigenvalue weighted by Crippen LogP contribution is -2.50. The van der Waals surface area contributed by atoms with E-state index in [9.17, 15) is 14.0 Å². The number of aromatic nitrogens is 2. The lowest BCUT2D eigenvalue weighted by atomic mass is 10.1. The molecule has 1 saturated heterocycles. The van der Waals surface area contributed by atoms with Gasteiger partial charge in [-0.25, -0.2) is 9.18 Å². The summed E-state index contributed by atoms with van der Waals surface area (Å²) in [7, 11) is 1.51.